The molecule has 0 amide bonds. The second-order valence-corrected chi connectivity index (χ2v) is 8.49. The van der Waals surface area contributed by atoms with Gasteiger partial charge in [0.15, 0.2) is 0 Å². The molecule has 156 valence electrons. The zero-order valence-corrected chi connectivity index (χ0v) is 17.4. The number of nitrogens with zero attached hydrogens (tertiary/aromatic N) is 2. The molecule has 2 heterocycles. The summed E-state index contributed by atoms with van der Waals surface area (Å²) in [5, 5.41) is 7.71. The Bertz CT molecular complexity index is 1090. The third-order valence-corrected chi connectivity index (χ3v) is 6.24. The fraction of sp³-hybridized carbons (Fsp3) is 0.375. The van der Waals surface area contributed by atoms with Crippen LogP contribution in [0.1, 0.15) is 68.2 Å². The zero-order valence-electron chi connectivity index (χ0n) is 17.4. The molecule has 30 heavy (non-hydrogen) atoms. The molecule has 1 saturated carbocycles. The van der Waals surface area contributed by atoms with Crippen LogP contribution in [0.15, 0.2) is 30.3 Å². The van der Waals surface area contributed by atoms with Crippen LogP contribution in [0, 0.1) is 17.1 Å². The van der Waals surface area contributed by atoms with Crippen molar-refractivity contribution in [2.24, 2.45) is 5.92 Å². The molecule has 1 aromatic carbocycles. The van der Waals surface area contributed by atoms with Gasteiger partial charge in [-0.05, 0) is 67.9 Å². The Kier molecular flexibility index (Phi) is 5.41. The molecule has 6 heteroatoms. The van der Waals surface area contributed by atoms with E-state index in [9.17, 15) is 9.18 Å². The monoisotopic (exact) mass is 406 g/mol. The van der Waals surface area contributed by atoms with Crippen LogP contribution in [0.2, 0.25) is 0 Å². The van der Waals surface area contributed by atoms with E-state index in [4.69, 9.17) is 16.1 Å². The Morgan fingerprint density at radius 3 is 2.43 bits per heavy atom. The van der Waals surface area contributed by atoms with Crippen LogP contribution in [-0.4, -0.2) is 22.1 Å². The number of benzene rings is 1. The highest BCUT2D eigenvalue weighted by molar-refractivity contribution is 5.94. The van der Waals surface area contributed by atoms with Crippen LogP contribution in [0.3, 0.4) is 0 Å². The van der Waals surface area contributed by atoms with E-state index in [0.717, 1.165) is 54.4 Å². The number of fused-ring (bicyclic) bond motifs is 1. The van der Waals surface area contributed by atoms with E-state index in [1.807, 2.05) is 6.07 Å². The maximum Gasteiger partial charge on any atom is 0.133 e. The maximum atomic E-state index is 13.6. The van der Waals surface area contributed by atoms with Crippen molar-refractivity contribution in [1.29, 1.82) is 5.41 Å². The van der Waals surface area contributed by atoms with Gasteiger partial charge in [0.25, 0.3) is 0 Å². The number of anilines is 1. The van der Waals surface area contributed by atoms with Crippen molar-refractivity contribution in [2.75, 3.05) is 5.73 Å². The molecule has 0 bridgehead atoms. The first kappa shape index (κ1) is 20.3. The highest BCUT2D eigenvalue weighted by Crippen LogP contribution is 2.44. The standard InChI is InChI=1S/C24H27FN4O/c1-14(2)23-21(16-5-3-15(13-30)4-6-16)22-20(11-17(12-26)24(27)28-22)29(23)19-9-7-18(25)8-10-19/h7-16,26H,3-6H2,1-2H3,(H2,27,28). The molecular weight excluding hydrogens is 379 g/mol. The third-order valence-electron chi connectivity index (χ3n) is 6.24. The zero-order chi connectivity index (χ0) is 21.4. The number of carbonyl (C=O) groups excluding carboxylic acids is 1. The minimum absolute atomic E-state index is 0.136. The molecule has 4 rings (SSSR count). The molecule has 0 aliphatic heterocycles. The Morgan fingerprint density at radius 2 is 1.87 bits per heavy atom. The normalized spacial score (nSPS) is 19.3. The van der Waals surface area contributed by atoms with Gasteiger partial charge in [-0.1, -0.05) is 13.8 Å². The average Bonchev–Trinajstić information content (AvgIpc) is 3.08. The van der Waals surface area contributed by atoms with Crippen molar-refractivity contribution in [3.63, 3.8) is 0 Å². The van der Waals surface area contributed by atoms with Gasteiger partial charge in [0.2, 0.25) is 0 Å². The summed E-state index contributed by atoms with van der Waals surface area (Å²) >= 11 is 0. The van der Waals surface area contributed by atoms with Crippen molar-refractivity contribution in [3.8, 4) is 5.69 Å². The van der Waals surface area contributed by atoms with Gasteiger partial charge in [0.1, 0.15) is 17.9 Å². The summed E-state index contributed by atoms with van der Waals surface area (Å²) in [6, 6.07) is 8.37. The first-order valence-electron chi connectivity index (χ1n) is 10.5. The summed E-state index contributed by atoms with van der Waals surface area (Å²) in [7, 11) is 0. The Hall–Kier alpha value is -3.02. The van der Waals surface area contributed by atoms with Gasteiger partial charge in [-0.25, -0.2) is 9.37 Å². The Balaban J connectivity index is 2.01. The summed E-state index contributed by atoms with van der Waals surface area (Å²) in [4.78, 5) is 16.0. The van der Waals surface area contributed by atoms with Crippen LogP contribution >= 0.6 is 0 Å². The van der Waals surface area contributed by atoms with Gasteiger partial charge in [-0.3, -0.25) is 0 Å². The van der Waals surface area contributed by atoms with Crippen LogP contribution in [0.5, 0.6) is 0 Å². The number of hydrogen-bond donors (Lipinski definition) is 2. The summed E-state index contributed by atoms with van der Waals surface area (Å²) < 4.78 is 15.8. The fourth-order valence-electron chi connectivity index (χ4n) is 4.77. The molecular formula is C24H27FN4O. The highest BCUT2D eigenvalue weighted by Gasteiger charge is 2.31. The number of aldehydes is 1. The third kappa shape index (κ3) is 3.40. The largest absolute Gasteiger partial charge is 0.383 e. The maximum absolute atomic E-state index is 13.6. The van der Waals surface area contributed by atoms with Crippen LogP contribution < -0.4 is 5.73 Å². The SMILES string of the molecule is CC(C)c1c(C2CCC(C=O)CC2)c2nc(N)c(C=N)cc2n1-c1ccc(F)cc1. The molecule has 0 atom stereocenters. The average molecular weight is 407 g/mol. The van der Waals surface area contributed by atoms with Crippen molar-refractivity contribution in [2.45, 2.75) is 51.4 Å². The van der Waals surface area contributed by atoms with E-state index < -0.39 is 0 Å². The molecule has 0 unspecified atom stereocenters. The van der Waals surface area contributed by atoms with E-state index in [2.05, 4.69) is 18.4 Å². The number of carbonyl (C=O) groups is 1. The van der Waals surface area contributed by atoms with E-state index >= 15 is 0 Å². The number of aromatic nitrogens is 2. The van der Waals surface area contributed by atoms with Crippen molar-refractivity contribution >= 4 is 29.4 Å². The lowest BCUT2D eigenvalue weighted by Crippen LogP contribution is -2.16. The lowest BCUT2D eigenvalue weighted by Gasteiger charge is -2.27. The van der Waals surface area contributed by atoms with Gasteiger partial charge in [-0.15, -0.1) is 0 Å². The predicted octanol–water partition coefficient (Wildman–Crippen LogP) is 5.34. The lowest BCUT2D eigenvalue weighted by atomic mass is 9.78. The molecule has 2 aromatic heterocycles. The predicted molar refractivity (Wildman–Crippen MR) is 118 cm³/mol. The molecule has 1 fully saturated rings. The summed E-state index contributed by atoms with van der Waals surface area (Å²) in [6.45, 7) is 4.30. The minimum Gasteiger partial charge on any atom is -0.383 e. The molecule has 0 radical (unpaired) electrons. The van der Waals surface area contributed by atoms with Gasteiger partial charge in [-0.2, -0.15) is 0 Å². The summed E-state index contributed by atoms with van der Waals surface area (Å²) in [5.41, 5.74) is 11.6. The van der Waals surface area contributed by atoms with Gasteiger partial charge in [0, 0.05) is 34.6 Å². The number of pyridine rings is 1. The summed E-state index contributed by atoms with van der Waals surface area (Å²) in [6.07, 6.45) is 5.91. The first-order chi connectivity index (χ1) is 14.4. The molecule has 0 spiro atoms. The minimum atomic E-state index is -0.281. The van der Waals surface area contributed by atoms with Crippen molar-refractivity contribution in [1.82, 2.24) is 9.55 Å². The molecule has 1 aliphatic carbocycles. The number of nitrogen functional groups attached to an aromatic ring is 1. The molecule has 1 aliphatic rings. The van der Waals surface area contributed by atoms with Gasteiger partial charge >= 0.3 is 0 Å². The number of nitrogens with one attached hydrogen (secondary N) is 1. The summed E-state index contributed by atoms with van der Waals surface area (Å²) in [5.74, 6) is 0.688. The molecule has 3 aromatic rings. The fourth-order valence-corrected chi connectivity index (χ4v) is 4.77. The first-order valence-corrected chi connectivity index (χ1v) is 10.5. The van der Waals surface area contributed by atoms with Crippen LogP contribution in [-0.2, 0) is 4.79 Å². The lowest BCUT2D eigenvalue weighted by molar-refractivity contribution is -0.111. The number of rotatable bonds is 5. The molecule has 3 N–H and O–H groups in total. The number of nitrogens with two attached hydrogens (primary N) is 1. The van der Waals surface area contributed by atoms with Gasteiger partial charge in [0.05, 0.1) is 11.0 Å². The Labute approximate surface area is 175 Å². The second kappa shape index (κ2) is 8.01. The van der Waals surface area contributed by atoms with Crippen LogP contribution in [0.4, 0.5) is 10.2 Å². The van der Waals surface area contributed by atoms with E-state index in [0.29, 0.717) is 17.3 Å². The number of halogens is 1. The molecule has 0 saturated heterocycles. The van der Waals surface area contributed by atoms with E-state index in [-0.39, 0.29) is 17.7 Å². The second-order valence-electron chi connectivity index (χ2n) is 8.49. The van der Waals surface area contributed by atoms with Crippen LogP contribution in [0.25, 0.3) is 16.7 Å². The van der Waals surface area contributed by atoms with Crippen molar-refractivity contribution in [3.05, 3.63) is 53.0 Å². The Morgan fingerprint density at radius 1 is 1.20 bits per heavy atom. The smallest absolute Gasteiger partial charge is 0.133 e. The van der Waals surface area contributed by atoms with E-state index in [1.54, 1.807) is 12.1 Å². The van der Waals surface area contributed by atoms with E-state index in [1.165, 1.54) is 23.9 Å². The quantitative estimate of drug-likeness (QED) is 0.443. The van der Waals surface area contributed by atoms with Crippen molar-refractivity contribution < 1.29 is 9.18 Å². The molecule has 5 nitrogen and oxygen atoms in total. The topological polar surface area (TPSA) is 84.8 Å². The number of hydrogen-bond acceptors (Lipinski definition) is 4. The highest BCUT2D eigenvalue weighted by atomic mass is 19.1. The van der Waals surface area contributed by atoms with Gasteiger partial charge < -0.3 is 20.5 Å².